The van der Waals surface area contributed by atoms with Gasteiger partial charge in [0.15, 0.2) is 5.78 Å². The van der Waals surface area contributed by atoms with Crippen molar-refractivity contribution in [2.45, 2.75) is 26.8 Å². The van der Waals surface area contributed by atoms with E-state index >= 15 is 0 Å². The lowest BCUT2D eigenvalue weighted by atomic mass is 10.2. The van der Waals surface area contributed by atoms with Crippen LogP contribution in [0.15, 0.2) is 13.6 Å². The van der Waals surface area contributed by atoms with E-state index in [-0.39, 0.29) is 5.78 Å². The van der Waals surface area contributed by atoms with Crippen molar-refractivity contribution in [3.8, 4) is 0 Å². The Hall–Kier alpha value is 0.290. The van der Waals surface area contributed by atoms with Gasteiger partial charge in [0.2, 0.25) is 0 Å². The monoisotopic (exact) mass is 367 g/mol. The molecule has 0 aliphatic heterocycles. The summed E-state index contributed by atoms with van der Waals surface area (Å²) in [5.74, 6) is 0.171. The molecule has 0 aliphatic rings. The van der Waals surface area contributed by atoms with Crippen molar-refractivity contribution >= 4 is 49.0 Å². The van der Waals surface area contributed by atoms with Crippen LogP contribution in [0.25, 0.3) is 0 Å². The van der Waals surface area contributed by atoms with Gasteiger partial charge in [-0.2, -0.15) is 0 Å². The molecule has 1 aromatic heterocycles. The van der Waals surface area contributed by atoms with Gasteiger partial charge in [0.1, 0.15) is 0 Å². The van der Waals surface area contributed by atoms with E-state index < -0.39 is 0 Å². The van der Waals surface area contributed by atoms with Crippen LogP contribution in [0.2, 0.25) is 0 Å². The van der Waals surface area contributed by atoms with Gasteiger partial charge in [-0.1, -0.05) is 6.92 Å². The number of rotatable bonds is 5. The quantitative estimate of drug-likeness (QED) is 0.726. The molecule has 0 bridgehead atoms. The Kier molecular flexibility index (Phi) is 5.64. The van der Waals surface area contributed by atoms with Crippen molar-refractivity contribution in [1.29, 1.82) is 0 Å². The molecule has 90 valence electrons. The molecule has 0 aliphatic carbocycles. The fourth-order valence-electron chi connectivity index (χ4n) is 1.46. The minimum Gasteiger partial charge on any atom is -0.294 e. The van der Waals surface area contributed by atoms with Gasteiger partial charge in [-0.3, -0.25) is 9.69 Å². The van der Waals surface area contributed by atoms with Crippen LogP contribution in [0, 0.1) is 0 Å². The summed E-state index contributed by atoms with van der Waals surface area (Å²) < 4.78 is 1.89. The van der Waals surface area contributed by atoms with E-state index in [1.165, 1.54) is 11.3 Å². The third kappa shape index (κ3) is 3.65. The zero-order valence-electron chi connectivity index (χ0n) is 9.59. The van der Waals surface area contributed by atoms with Crippen LogP contribution in [0.1, 0.15) is 31.1 Å². The van der Waals surface area contributed by atoms with E-state index in [1.807, 2.05) is 6.07 Å². The van der Waals surface area contributed by atoms with Crippen molar-refractivity contribution in [3.63, 3.8) is 0 Å². The number of hydrogen-bond acceptors (Lipinski definition) is 3. The first-order chi connectivity index (χ1) is 7.45. The van der Waals surface area contributed by atoms with E-state index in [0.717, 1.165) is 19.7 Å². The highest BCUT2D eigenvalue weighted by Gasteiger charge is 2.17. The molecule has 0 saturated heterocycles. The standard InChI is InChI=1S/C11H15Br2NOS/c1-4-14(7(2)3)6-9(15)8-5-10(12)16-11(8)13/h5,7H,4,6H2,1-3H3. The summed E-state index contributed by atoms with van der Waals surface area (Å²) >= 11 is 8.34. The number of carbonyl (C=O) groups is 1. The van der Waals surface area contributed by atoms with Crippen molar-refractivity contribution in [2.75, 3.05) is 13.1 Å². The molecule has 0 spiro atoms. The van der Waals surface area contributed by atoms with Crippen LogP contribution in [-0.2, 0) is 0 Å². The summed E-state index contributed by atoms with van der Waals surface area (Å²) in [6.45, 7) is 7.67. The minimum atomic E-state index is 0.171. The van der Waals surface area contributed by atoms with E-state index in [2.05, 4.69) is 57.5 Å². The van der Waals surface area contributed by atoms with Gasteiger partial charge in [0, 0.05) is 11.6 Å². The maximum absolute atomic E-state index is 12.1. The molecule has 0 N–H and O–H groups in total. The largest absolute Gasteiger partial charge is 0.294 e. The van der Waals surface area contributed by atoms with Crippen LogP contribution in [0.5, 0.6) is 0 Å². The molecule has 1 aromatic rings. The molecule has 1 heterocycles. The average Bonchev–Trinajstić information content (AvgIpc) is 2.53. The zero-order valence-corrected chi connectivity index (χ0v) is 13.6. The van der Waals surface area contributed by atoms with Gasteiger partial charge >= 0.3 is 0 Å². The third-order valence-corrected chi connectivity index (χ3v) is 4.78. The molecule has 0 fully saturated rings. The minimum absolute atomic E-state index is 0.171. The van der Waals surface area contributed by atoms with E-state index in [0.29, 0.717) is 12.6 Å². The maximum Gasteiger partial charge on any atom is 0.178 e. The van der Waals surface area contributed by atoms with Gasteiger partial charge in [-0.25, -0.2) is 0 Å². The van der Waals surface area contributed by atoms with Gasteiger partial charge in [0.05, 0.1) is 14.1 Å². The summed E-state index contributed by atoms with van der Waals surface area (Å²) in [7, 11) is 0. The third-order valence-electron chi connectivity index (χ3n) is 2.44. The second-order valence-electron chi connectivity index (χ2n) is 3.82. The lowest BCUT2D eigenvalue weighted by Gasteiger charge is -2.23. The van der Waals surface area contributed by atoms with Gasteiger partial charge < -0.3 is 0 Å². The highest BCUT2D eigenvalue weighted by atomic mass is 79.9. The lowest BCUT2D eigenvalue weighted by Crippen LogP contribution is -2.35. The molecular weight excluding hydrogens is 354 g/mol. The molecule has 0 aromatic carbocycles. The number of nitrogens with zero attached hydrogens (tertiary/aromatic N) is 1. The first kappa shape index (κ1) is 14.4. The molecule has 16 heavy (non-hydrogen) atoms. The summed E-state index contributed by atoms with van der Waals surface area (Å²) in [5.41, 5.74) is 0.774. The normalized spacial score (nSPS) is 11.4. The Bertz CT molecular complexity index is 376. The Morgan fingerprint density at radius 3 is 2.50 bits per heavy atom. The summed E-state index contributed by atoms with van der Waals surface area (Å²) in [6.07, 6.45) is 0. The van der Waals surface area contributed by atoms with Crippen molar-refractivity contribution in [2.24, 2.45) is 0 Å². The molecule has 0 saturated carbocycles. The first-order valence-electron chi connectivity index (χ1n) is 5.17. The van der Waals surface area contributed by atoms with E-state index in [4.69, 9.17) is 0 Å². The summed E-state index contributed by atoms with van der Waals surface area (Å²) in [6, 6.07) is 2.28. The van der Waals surface area contributed by atoms with E-state index in [1.54, 1.807) is 0 Å². The molecule has 1 rings (SSSR count). The maximum atomic E-state index is 12.1. The van der Waals surface area contributed by atoms with Crippen molar-refractivity contribution in [1.82, 2.24) is 4.90 Å². The molecular formula is C11H15Br2NOS. The first-order valence-corrected chi connectivity index (χ1v) is 7.58. The number of thiophene rings is 1. The van der Waals surface area contributed by atoms with Crippen molar-refractivity contribution in [3.05, 3.63) is 19.2 Å². The highest BCUT2D eigenvalue weighted by molar-refractivity contribution is 9.12. The SMILES string of the molecule is CCN(CC(=O)c1cc(Br)sc1Br)C(C)C. The molecule has 0 atom stereocenters. The van der Waals surface area contributed by atoms with Gasteiger partial charge in [-0.05, 0) is 58.3 Å². The smallest absolute Gasteiger partial charge is 0.178 e. The molecule has 0 unspecified atom stereocenters. The van der Waals surface area contributed by atoms with Crippen LogP contribution in [0.4, 0.5) is 0 Å². The summed E-state index contributed by atoms with van der Waals surface area (Å²) in [5, 5.41) is 0. The fourth-order valence-corrected chi connectivity index (χ4v) is 4.32. The second-order valence-corrected chi connectivity index (χ2v) is 7.57. The Morgan fingerprint density at radius 2 is 2.12 bits per heavy atom. The Balaban J connectivity index is 2.75. The summed E-state index contributed by atoms with van der Waals surface area (Å²) in [4.78, 5) is 14.2. The van der Waals surface area contributed by atoms with Crippen LogP contribution < -0.4 is 0 Å². The van der Waals surface area contributed by atoms with Crippen LogP contribution >= 0.6 is 43.2 Å². The molecule has 0 amide bonds. The number of likely N-dealkylation sites (N-methyl/N-ethyl adjacent to an activating group) is 1. The number of halogens is 2. The van der Waals surface area contributed by atoms with Gasteiger partial charge in [-0.15, -0.1) is 11.3 Å². The van der Waals surface area contributed by atoms with Crippen molar-refractivity contribution < 1.29 is 4.79 Å². The topological polar surface area (TPSA) is 20.3 Å². The Morgan fingerprint density at radius 1 is 1.50 bits per heavy atom. The molecule has 0 radical (unpaired) electrons. The second kappa shape index (κ2) is 6.28. The predicted octanol–water partition coefficient (Wildman–Crippen LogP) is 4.19. The van der Waals surface area contributed by atoms with Gasteiger partial charge in [0.25, 0.3) is 0 Å². The van der Waals surface area contributed by atoms with E-state index in [9.17, 15) is 4.79 Å². The Labute approximate surface area is 117 Å². The number of Topliss-reactive ketones (excluding diaryl/α,β-unsaturated/α-hetero) is 1. The predicted molar refractivity (Wildman–Crippen MR) is 76.4 cm³/mol. The highest BCUT2D eigenvalue weighted by Crippen LogP contribution is 2.32. The van der Waals surface area contributed by atoms with Crippen LogP contribution in [0.3, 0.4) is 0 Å². The van der Waals surface area contributed by atoms with Crippen LogP contribution in [-0.4, -0.2) is 29.8 Å². The fraction of sp³-hybridized carbons (Fsp3) is 0.545. The number of ketones is 1. The number of carbonyl (C=O) groups excluding carboxylic acids is 1. The molecule has 2 nitrogen and oxygen atoms in total. The lowest BCUT2D eigenvalue weighted by molar-refractivity contribution is 0.0911. The molecule has 5 heteroatoms. The average molecular weight is 369 g/mol. The zero-order chi connectivity index (χ0) is 12.3. The number of hydrogen-bond donors (Lipinski definition) is 0.